The summed E-state index contributed by atoms with van der Waals surface area (Å²) in [6, 6.07) is 11.5. The van der Waals surface area contributed by atoms with Crippen molar-refractivity contribution >= 4 is 23.6 Å². The molecular weight excluding hydrogens is 324 g/mol. The van der Waals surface area contributed by atoms with Gasteiger partial charge in [-0.05, 0) is 31.2 Å². The number of aryl methyl sites for hydroxylation is 1. The van der Waals surface area contributed by atoms with E-state index in [1.807, 2.05) is 30.0 Å². The van der Waals surface area contributed by atoms with Crippen molar-refractivity contribution in [1.82, 2.24) is 9.80 Å². The Hall–Kier alpha value is -2.21. The summed E-state index contributed by atoms with van der Waals surface area (Å²) in [5, 5.41) is 0. The lowest BCUT2D eigenvalue weighted by molar-refractivity contribution is -0.129. The molecule has 0 spiro atoms. The number of rotatable bonds is 4. The summed E-state index contributed by atoms with van der Waals surface area (Å²) in [5.74, 6) is 0.785. The van der Waals surface area contributed by atoms with Crippen molar-refractivity contribution in [3.05, 3.63) is 54.0 Å². The summed E-state index contributed by atoms with van der Waals surface area (Å²) in [4.78, 5) is 29.2. The number of thioether (sulfide) groups is 1. The van der Waals surface area contributed by atoms with Crippen LogP contribution in [0, 0.1) is 6.92 Å². The molecule has 1 saturated heterocycles. The number of hydrogen-bond donors (Lipinski definition) is 0. The smallest absolute Gasteiger partial charge is 0.289 e. The molecule has 0 radical (unpaired) electrons. The van der Waals surface area contributed by atoms with Gasteiger partial charge in [-0.1, -0.05) is 17.7 Å². The van der Waals surface area contributed by atoms with Crippen LogP contribution in [-0.4, -0.2) is 53.5 Å². The maximum Gasteiger partial charge on any atom is 0.289 e. The van der Waals surface area contributed by atoms with Gasteiger partial charge in [-0.2, -0.15) is 0 Å². The van der Waals surface area contributed by atoms with Crippen LogP contribution in [0.2, 0.25) is 0 Å². The van der Waals surface area contributed by atoms with E-state index in [0.29, 0.717) is 37.7 Å². The number of carbonyl (C=O) groups is 2. The molecule has 1 aromatic carbocycles. The summed E-state index contributed by atoms with van der Waals surface area (Å²) in [6.45, 7) is 4.27. The minimum absolute atomic E-state index is 0.110. The molecule has 2 aromatic rings. The Morgan fingerprint density at radius 3 is 2.50 bits per heavy atom. The Balaban J connectivity index is 1.47. The van der Waals surface area contributed by atoms with Gasteiger partial charge < -0.3 is 14.2 Å². The zero-order valence-corrected chi connectivity index (χ0v) is 14.4. The number of nitrogens with zero attached hydrogens (tertiary/aromatic N) is 2. The van der Waals surface area contributed by atoms with Gasteiger partial charge in [-0.3, -0.25) is 9.59 Å². The van der Waals surface area contributed by atoms with E-state index in [4.69, 9.17) is 4.42 Å². The van der Waals surface area contributed by atoms with Gasteiger partial charge in [0, 0.05) is 31.1 Å². The maximum atomic E-state index is 12.3. The van der Waals surface area contributed by atoms with Crippen LogP contribution in [0.1, 0.15) is 16.1 Å². The van der Waals surface area contributed by atoms with Crippen molar-refractivity contribution in [2.24, 2.45) is 0 Å². The van der Waals surface area contributed by atoms with Crippen LogP contribution < -0.4 is 0 Å². The molecule has 1 aliphatic rings. The molecule has 2 amide bonds. The normalized spacial score (nSPS) is 14.7. The van der Waals surface area contributed by atoms with E-state index >= 15 is 0 Å². The maximum absolute atomic E-state index is 12.3. The van der Waals surface area contributed by atoms with Crippen molar-refractivity contribution in [3.8, 4) is 0 Å². The SMILES string of the molecule is Cc1cccc(SCC(=O)N2CCN(C(=O)c3ccco3)CC2)c1. The largest absolute Gasteiger partial charge is 0.459 e. The van der Waals surface area contributed by atoms with E-state index in [9.17, 15) is 9.59 Å². The van der Waals surface area contributed by atoms with E-state index in [1.165, 1.54) is 11.8 Å². The summed E-state index contributed by atoms with van der Waals surface area (Å²) in [5.41, 5.74) is 1.19. The molecule has 1 aromatic heterocycles. The molecule has 3 rings (SSSR count). The van der Waals surface area contributed by atoms with Gasteiger partial charge in [0.2, 0.25) is 5.91 Å². The lowest BCUT2D eigenvalue weighted by atomic mass is 10.2. The zero-order chi connectivity index (χ0) is 16.9. The fourth-order valence-corrected chi connectivity index (χ4v) is 3.57. The number of amides is 2. The highest BCUT2D eigenvalue weighted by molar-refractivity contribution is 8.00. The van der Waals surface area contributed by atoms with Crippen LogP contribution >= 0.6 is 11.8 Å². The molecule has 0 aliphatic carbocycles. The second-order valence-electron chi connectivity index (χ2n) is 5.76. The Kier molecular flexibility index (Phi) is 5.25. The molecule has 6 heteroatoms. The van der Waals surface area contributed by atoms with Crippen LogP contribution in [0.3, 0.4) is 0 Å². The van der Waals surface area contributed by atoms with Gasteiger partial charge in [-0.25, -0.2) is 0 Å². The van der Waals surface area contributed by atoms with Crippen molar-refractivity contribution in [2.45, 2.75) is 11.8 Å². The quantitative estimate of drug-likeness (QED) is 0.800. The number of hydrogen-bond acceptors (Lipinski definition) is 4. The first kappa shape index (κ1) is 16.6. The molecule has 0 unspecified atom stereocenters. The summed E-state index contributed by atoms with van der Waals surface area (Å²) in [7, 11) is 0. The molecule has 2 heterocycles. The third-order valence-electron chi connectivity index (χ3n) is 4.00. The topological polar surface area (TPSA) is 53.8 Å². The summed E-state index contributed by atoms with van der Waals surface area (Å²) >= 11 is 1.55. The summed E-state index contributed by atoms with van der Waals surface area (Å²) < 4.78 is 5.14. The van der Waals surface area contributed by atoms with Gasteiger partial charge in [0.05, 0.1) is 12.0 Å². The van der Waals surface area contributed by atoms with Crippen LogP contribution in [0.15, 0.2) is 52.0 Å². The molecule has 1 fully saturated rings. The van der Waals surface area contributed by atoms with E-state index < -0.39 is 0 Å². The predicted octanol–water partition coefficient (Wildman–Crippen LogP) is 2.66. The Labute approximate surface area is 145 Å². The second kappa shape index (κ2) is 7.57. The fourth-order valence-electron chi connectivity index (χ4n) is 2.66. The molecule has 5 nitrogen and oxygen atoms in total. The van der Waals surface area contributed by atoms with Crippen LogP contribution in [0.5, 0.6) is 0 Å². The first-order chi connectivity index (χ1) is 11.6. The zero-order valence-electron chi connectivity index (χ0n) is 13.6. The fraction of sp³-hybridized carbons (Fsp3) is 0.333. The first-order valence-electron chi connectivity index (χ1n) is 7.93. The molecule has 24 heavy (non-hydrogen) atoms. The lowest BCUT2D eigenvalue weighted by Crippen LogP contribution is -2.51. The highest BCUT2D eigenvalue weighted by Gasteiger charge is 2.25. The van der Waals surface area contributed by atoms with E-state index in [2.05, 4.69) is 6.07 Å². The number of piperazine rings is 1. The van der Waals surface area contributed by atoms with Crippen molar-refractivity contribution in [3.63, 3.8) is 0 Å². The second-order valence-corrected chi connectivity index (χ2v) is 6.80. The molecule has 0 saturated carbocycles. The van der Waals surface area contributed by atoms with Crippen LogP contribution in [-0.2, 0) is 4.79 Å². The molecule has 0 N–H and O–H groups in total. The van der Waals surface area contributed by atoms with Crippen molar-refractivity contribution in [2.75, 3.05) is 31.9 Å². The molecular formula is C18H20N2O3S. The number of benzene rings is 1. The average molecular weight is 344 g/mol. The number of carbonyl (C=O) groups excluding carboxylic acids is 2. The minimum Gasteiger partial charge on any atom is -0.459 e. The predicted molar refractivity (Wildman–Crippen MR) is 93.1 cm³/mol. The first-order valence-corrected chi connectivity index (χ1v) is 8.92. The number of furan rings is 1. The van der Waals surface area contributed by atoms with Crippen molar-refractivity contribution in [1.29, 1.82) is 0 Å². The van der Waals surface area contributed by atoms with Gasteiger partial charge in [0.25, 0.3) is 5.91 Å². The van der Waals surface area contributed by atoms with Gasteiger partial charge in [0.15, 0.2) is 5.76 Å². The Bertz CT molecular complexity index is 707. The Morgan fingerprint density at radius 1 is 1.08 bits per heavy atom. The Morgan fingerprint density at radius 2 is 1.83 bits per heavy atom. The van der Waals surface area contributed by atoms with E-state index in [0.717, 1.165) is 4.90 Å². The van der Waals surface area contributed by atoms with Gasteiger partial charge in [-0.15, -0.1) is 11.8 Å². The van der Waals surface area contributed by atoms with E-state index in [1.54, 1.807) is 28.8 Å². The lowest BCUT2D eigenvalue weighted by Gasteiger charge is -2.34. The van der Waals surface area contributed by atoms with Crippen LogP contribution in [0.4, 0.5) is 0 Å². The van der Waals surface area contributed by atoms with Gasteiger partial charge in [0.1, 0.15) is 0 Å². The van der Waals surface area contributed by atoms with E-state index in [-0.39, 0.29) is 11.8 Å². The molecule has 0 atom stereocenters. The highest BCUT2D eigenvalue weighted by atomic mass is 32.2. The third kappa shape index (κ3) is 4.00. The molecule has 1 aliphatic heterocycles. The highest BCUT2D eigenvalue weighted by Crippen LogP contribution is 2.20. The monoisotopic (exact) mass is 344 g/mol. The van der Waals surface area contributed by atoms with Gasteiger partial charge >= 0.3 is 0 Å². The van der Waals surface area contributed by atoms with Crippen molar-refractivity contribution < 1.29 is 14.0 Å². The molecule has 126 valence electrons. The average Bonchev–Trinajstić information content (AvgIpc) is 3.14. The summed E-state index contributed by atoms with van der Waals surface area (Å²) in [6.07, 6.45) is 1.50. The third-order valence-corrected chi connectivity index (χ3v) is 4.98. The molecule has 0 bridgehead atoms. The standard InChI is InChI=1S/C18H20N2O3S/c1-14-4-2-5-15(12-14)24-13-17(21)19-7-9-20(10-8-19)18(22)16-6-3-11-23-16/h2-6,11-12H,7-10,13H2,1H3. The van der Waals surface area contributed by atoms with Crippen LogP contribution in [0.25, 0.3) is 0 Å². The minimum atomic E-state index is -0.110.